The van der Waals surface area contributed by atoms with Gasteiger partial charge in [0, 0.05) is 12.1 Å². The summed E-state index contributed by atoms with van der Waals surface area (Å²) in [6.45, 7) is 0.625. The van der Waals surface area contributed by atoms with E-state index < -0.39 is 11.8 Å². The van der Waals surface area contributed by atoms with E-state index in [1.807, 2.05) is 0 Å². The molecule has 7 heteroatoms. The normalized spacial score (nSPS) is 10.3. The van der Waals surface area contributed by atoms with Crippen LogP contribution in [0.25, 0.3) is 0 Å². The third-order valence-electron chi connectivity index (χ3n) is 3.05. The highest BCUT2D eigenvalue weighted by molar-refractivity contribution is 6.31. The number of urea groups is 1. The zero-order valence-corrected chi connectivity index (χ0v) is 13.9. The lowest BCUT2D eigenvalue weighted by molar-refractivity contribution is 0.207. The number of anilines is 1. The summed E-state index contributed by atoms with van der Waals surface area (Å²) in [4.78, 5) is 13.4. The van der Waals surface area contributed by atoms with Gasteiger partial charge in [-0.2, -0.15) is 0 Å². The van der Waals surface area contributed by atoms with Crippen LogP contribution in [0.4, 0.5) is 14.9 Å². The van der Waals surface area contributed by atoms with Crippen molar-refractivity contribution < 1.29 is 13.9 Å². The Balaban J connectivity index is 1.83. The molecule has 23 heavy (non-hydrogen) atoms. The Hall–Kier alpha value is -1.98. The minimum Gasteiger partial charge on any atom is -0.492 e. The number of carbonyl (C=O) groups excluding carboxylic acids is 1. The number of ether oxygens (including phenoxy) is 1. The van der Waals surface area contributed by atoms with Crippen LogP contribution in [0.15, 0.2) is 42.5 Å². The van der Waals surface area contributed by atoms with Crippen molar-refractivity contribution in [1.82, 2.24) is 4.90 Å². The van der Waals surface area contributed by atoms with Gasteiger partial charge in [0.25, 0.3) is 0 Å². The van der Waals surface area contributed by atoms with Crippen molar-refractivity contribution in [3.8, 4) is 5.75 Å². The van der Waals surface area contributed by atoms with Gasteiger partial charge in [-0.3, -0.25) is 0 Å². The molecule has 0 atom stereocenters. The monoisotopic (exact) mass is 356 g/mol. The van der Waals surface area contributed by atoms with Crippen molar-refractivity contribution in [2.75, 3.05) is 25.5 Å². The Morgan fingerprint density at radius 3 is 2.61 bits per heavy atom. The molecule has 0 radical (unpaired) electrons. The molecule has 122 valence electrons. The molecule has 0 bridgehead atoms. The van der Waals surface area contributed by atoms with E-state index in [1.54, 1.807) is 37.4 Å². The largest absolute Gasteiger partial charge is 0.492 e. The van der Waals surface area contributed by atoms with E-state index in [9.17, 15) is 9.18 Å². The zero-order chi connectivity index (χ0) is 16.8. The number of rotatable bonds is 5. The number of carbonyl (C=O) groups is 1. The maximum Gasteiger partial charge on any atom is 0.321 e. The molecule has 2 amide bonds. The topological polar surface area (TPSA) is 41.6 Å². The van der Waals surface area contributed by atoms with E-state index in [0.29, 0.717) is 23.9 Å². The van der Waals surface area contributed by atoms with Crippen LogP contribution in [0.5, 0.6) is 5.75 Å². The van der Waals surface area contributed by atoms with Gasteiger partial charge < -0.3 is 15.0 Å². The highest BCUT2D eigenvalue weighted by Gasteiger charge is 2.13. The summed E-state index contributed by atoms with van der Waals surface area (Å²) in [6.07, 6.45) is 0. The summed E-state index contributed by atoms with van der Waals surface area (Å²) in [7, 11) is 1.59. The highest BCUT2D eigenvalue weighted by Crippen LogP contribution is 2.22. The van der Waals surface area contributed by atoms with Crippen molar-refractivity contribution in [3.63, 3.8) is 0 Å². The summed E-state index contributed by atoms with van der Waals surface area (Å²) in [6, 6.07) is 10.9. The third-order valence-corrected chi connectivity index (χ3v) is 3.59. The first-order valence-corrected chi connectivity index (χ1v) is 7.57. The molecule has 0 aliphatic carbocycles. The van der Waals surface area contributed by atoms with Crippen LogP contribution in [-0.4, -0.2) is 31.1 Å². The molecule has 0 spiro atoms. The second-order valence-electron chi connectivity index (χ2n) is 4.76. The lowest BCUT2D eigenvalue weighted by Crippen LogP contribution is -2.34. The molecule has 0 aliphatic rings. The van der Waals surface area contributed by atoms with Crippen molar-refractivity contribution in [3.05, 3.63) is 58.3 Å². The maximum atomic E-state index is 13.7. The number of nitrogens with one attached hydrogen (secondary N) is 1. The lowest BCUT2D eigenvalue weighted by atomic mass is 10.3. The summed E-state index contributed by atoms with van der Waals surface area (Å²) < 4.78 is 19.2. The maximum absolute atomic E-state index is 13.7. The predicted octanol–water partition coefficient (Wildman–Crippen LogP) is 4.68. The first kappa shape index (κ1) is 17.4. The van der Waals surface area contributed by atoms with E-state index in [2.05, 4.69) is 5.32 Å². The number of nitrogens with zero attached hydrogens (tertiary/aromatic N) is 1. The van der Waals surface area contributed by atoms with Crippen LogP contribution in [0, 0.1) is 5.82 Å². The second kappa shape index (κ2) is 8.04. The zero-order valence-electron chi connectivity index (χ0n) is 12.4. The average Bonchev–Trinajstić information content (AvgIpc) is 2.53. The van der Waals surface area contributed by atoms with Crippen LogP contribution >= 0.6 is 23.2 Å². The van der Waals surface area contributed by atoms with Gasteiger partial charge in [-0.05, 0) is 36.4 Å². The van der Waals surface area contributed by atoms with Crippen LogP contribution in [0.3, 0.4) is 0 Å². The molecule has 0 heterocycles. The third kappa shape index (κ3) is 5.01. The Morgan fingerprint density at radius 1 is 1.22 bits per heavy atom. The summed E-state index contributed by atoms with van der Waals surface area (Å²) in [5.41, 5.74) is 0.0352. The molecular formula is C16H15Cl2FN2O2. The van der Waals surface area contributed by atoms with E-state index in [0.717, 1.165) is 0 Å². The Morgan fingerprint density at radius 2 is 1.91 bits per heavy atom. The molecule has 2 aromatic carbocycles. The molecule has 2 aromatic rings. The fourth-order valence-electron chi connectivity index (χ4n) is 1.74. The van der Waals surface area contributed by atoms with E-state index >= 15 is 0 Å². The number of hydrogen-bond donors (Lipinski definition) is 1. The van der Waals surface area contributed by atoms with Crippen molar-refractivity contribution >= 4 is 34.9 Å². The highest BCUT2D eigenvalue weighted by atomic mass is 35.5. The van der Waals surface area contributed by atoms with Gasteiger partial charge in [0.2, 0.25) is 0 Å². The van der Waals surface area contributed by atoms with Crippen molar-refractivity contribution in [1.29, 1.82) is 0 Å². The van der Waals surface area contributed by atoms with Gasteiger partial charge in [-0.1, -0.05) is 29.3 Å². The SMILES string of the molecule is CN(CCOc1ccc(Cl)cc1)C(=O)Nc1cccc(Cl)c1F. The van der Waals surface area contributed by atoms with E-state index in [4.69, 9.17) is 27.9 Å². The van der Waals surface area contributed by atoms with Gasteiger partial charge in [-0.25, -0.2) is 9.18 Å². The average molecular weight is 357 g/mol. The standard InChI is InChI=1S/C16H15Cl2FN2O2/c1-21(9-10-23-12-7-5-11(17)6-8-12)16(22)20-14-4-2-3-13(18)15(14)19/h2-8H,9-10H2,1H3,(H,20,22). The number of benzene rings is 2. The minimum atomic E-state index is -0.659. The summed E-state index contributed by atoms with van der Waals surface area (Å²) >= 11 is 11.5. The van der Waals surface area contributed by atoms with Crippen LogP contribution in [0.2, 0.25) is 10.0 Å². The molecule has 2 rings (SSSR count). The number of likely N-dealkylation sites (N-methyl/N-ethyl adjacent to an activating group) is 1. The summed E-state index contributed by atoms with van der Waals surface area (Å²) in [5, 5.41) is 3.04. The molecule has 0 unspecified atom stereocenters. The molecule has 0 saturated carbocycles. The van der Waals surface area contributed by atoms with Gasteiger partial charge in [0.15, 0.2) is 5.82 Å². The van der Waals surface area contributed by atoms with Gasteiger partial charge in [0.1, 0.15) is 12.4 Å². The number of hydrogen-bond acceptors (Lipinski definition) is 2. The quantitative estimate of drug-likeness (QED) is 0.845. The Labute approximate surface area is 143 Å². The smallest absolute Gasteiger partial charge is 0.321 e. The van der Waals surface area contributed by atoms with Gasteiger partial charge >= 0.3 is 6.03 Å². The second-order valence-corrected chi connectivity index (χ2v) is 5.60. The molecule has 4 nitrogen and oxygen atoms in total. The molecule has 0 fully saturated rings. The van der Waals surface area contributed by atoms with Crippen LogP contribution in [0.1, 0.15) is 0 Å². The van der Waals surface area contributed by atoms with Crippen molar-refractivity contribution in [2.45, 2.75) is 0 Å². The van der Waals surface area contributed by atoms with E-state index in [-0.39, 0.29) is 10.7 Å². The van der Waals surface area contributed by atoms with Gasteiger partial charge in [0.05, 0.1) is 17.3 Å². The molecule has 0 saturated heterocycles. The molecular weight excluding hydrogens is 342 g/mol. The lowest BCUT2D eigenvalue weighted by Gasteiger charge is -2.18. The Kier molecular flexibility index (Phi) is 6.07. The summed E-state index contributed by atoms with van der Waals surface area (Å²) in [5.74, 6) is -0.00238. The first-order chi connectivity index (χ1) is 11.0. The number of amides is 2. The van der Waals surface area contributed by atoms with Gasteiger partial charge in [-0.15, -0.1) is 0 Å². The minimum absolute atomic E-state index is 0.0352. The molecule has 0 aliphatic heterocycles. The van der Waals surface area contributed by atoms with Crippen LogP contribution < -0.4 is 10.1 Å². The fraction of sp³-hybridized carbons (Fsp3) is 0.188. The van der Waals surface area contributed by atoms with Crippen molar-refractivity contribution in [2.24, 2.45) is 0 Å². The fourth-order valence-corrected chi connectivity index (χ4v) is 2.04. The Bertz CT molecular complexity index is 680. The number of halogens is 3. The molecule has 1 N–H and O–H groups in total. The van der Waals surface area contributed by atoms with Crippen LogP contribution in [-0.2, 0) is 0 Å². The predicted molar refractivity (Wildman–Crippen MR) is 90.0 cm³/mol. The van der Waals surface area contributed by atoms with E-state index in [1.165, 1.54) is 17.0 Å². The molecule has 0 aromatic heterocycles. The first-order valence-electron chi connectivity index (χ1n) is 6.82.